The lowest BCUT2D eigenvalue weighted by Crippen LogP contribution is -2.50. The number of aromatic nitrogens is 6. The topological polar surface area (TPSA) is 272 Å². The molecule has 0 spiro atoms. The zero-order valence-electron chi connectivity index (χ0n) is 24.1. The first-order valence-electron chi connectivity index (χ1n) is 14.4. The molecule has 3 aromatic rings. The maximum Gasteiger partial charge on any atom is 0.343 e. The van der Waals surface area contributed by atoms with Crippen molar-refractivity contribution in [2.45, 2.75) is 70.4 Å². The summed E-state index contributed by atoms with van der Waals surface area (Å²) in [6, 6.07) is 2.72. The van der Waals surface area contributed by atoms with Gasteiger partial charge in [0.25, 0.3) is 17.7 Å². The molecular formula is C26H36N12O6. The summed E-state index contributed by atoms with van der Waals surface area (Å²) < 4.78 is 0. The molecule has 0 saturated heterocycles. The van der Waals surface area contributed by atoms with E-state index in [1.807, 2.05) is 6.92 Å². The summed E-state index contributed by atoms with van der Waals surface area (Å²) in [4.78, 5) is 61.1. The van der Waals surface area contributed by atoms with Crippen LogP contribution in [-0.2, 0) is 4.79 Å². The lowest BCUT2D eigenvalue weighted by Gasteiger charge is -2.29. The maximum absolute atomic E-state index is 13.1. The average molecular weight is 613 g/mol. The van der Waals surface area contributed by atoms with Gasteiger partial charge in [-0.1, -0.05) is 24.4 Å². The maximum atomic E-state index is 13.1. The molecule has 1 aliphatic carbocycles. The minimum Gasteiger partial charge on any atom is -0.358 e. The van der Waals surface area contributed by atoms with Crippen LogP contribution in [0.1, 0.15) is 89.8 Å². The third-order valence-electron chi connectivity index (χ3n) is 7.42. The molecule has 3 aromatic heterocycles. The van der Waals surface area contributed by atoms with Crippen molar-refractivity contribution in [3.8, 4) is 0 Å². The Morgan fingerprint density at radius 2 is 1.55 bits per heavy atom. The summed E-state index contributed by atoms with van der Waals surface area (Å²) in [6.45, 7) is 2.48. The lowest BCUT2D eigenvalue weighted by atomic mass is 9.84. The molecule has 4 amide bonds. The van der Waals surface area contributed by atoms with Crippen molar-refractivity contribution in [1.29, 1.82) is 0 Å². The molecule has 1 saturated carbocycles. The molecule has 0 radical (unpaired) electrons. The second kappa shape index (κ2) is 14.9. The molecule has 2 atom stereocenters. The highest BCUT2D eigenvalue weighted by Crippen LogP contribution is 2.26. The van der Waals surface area contributed by atoms with Gasteiger partial charge in [-0.2, -0.15) is 10.2 Å². The van der Waals surface area contributed by atoms with Crippen molar-refractivity contribution in [2.75, 3.05) is 17.2 Å². The number of H-pyrrole nitrogens is 3. The molecule has 0 bridgehead atoms. The third kappa shape index (κ3) is 8.46. The number of hydrogen-bond donors (Lipinski definition) is 8. The highest BCUT2D eigenvalue weighted by atomic mass is 16.6. The van der Waals surface area contributed by atoms with E-state index >= 15 is 0 Å². The van der Waals surface area contributed by atoms with Crippen molar-refractivity contribution in [3.05, 3.63) is 45.4 Å². The van der Waals surface area contributed by atoms with Crippen molar-refractivity contribution < 1.29 is 24.1 Å². The fraction of sp³-hybridized carbons (Fsp3) is 0.500. The van der Waals surface area contributed by atoms with E-state index in [0.717, 1.165) is 31.7 Å². The molecule has 2 unspecified atom stereocenters. The van der Waals surface area contributed by atoms with Crippen molar-refractivity contribution in [1.82, 2.24) is 41.2 Å². The smallest absolute Gasteiger partial charge is 0.343 e. The number of nitrogens with one attached hydrogen (secondary N) is 7. The van der Waals surface area contributed by atoms with Crippen molar-refractivity contribution in [3.63, 3.8) is 0 Å². The van der Waals surface area contributed by atoms with E-state index in [2.05, 4.69) is 51.9 Å². The number of hydrogen-bond acceptors (Lipinski definition) is 10. The Morgan fingerprint density at radius 1 is 0.909 bits per heavy atom. The fourth-order valence-electron chi connectivity index (χ4n) is 4.96. The Kier molecular flexibility index (Phi) is 10.7. The van der Waals surface area contributed by atoms with Crippen molar-refractivity contribution in [2.24, 2.45) is 11.7 Å². The van der Waals surface area contributed by atoms with Gasteiger partial charge >= 0.3 is 5.82 Å². The van der Waals surface area contributed by atoms with Crippen LogP contribution in [0, 0.1) is 16.0 Å². The van der Waals surface area contributed by atoms with Crippen LogP contribution in [0.2, 0.25) is 0 Å². The molecule has 236 valence electrons. The summed E-state index contributed by atoms with van der Waals surface area (Å²) in [5.41, 5.74) is 5.35. The van der Waals surface area contributed by atoms with Crippen LogP contribution in [0.15, 0.2) is 18.2 Å². The number of aromatic amines is 3. The first-order chi connectivity index (χ1) is 21.1. The first kappa shape index (κ1) is 31.8. The molecule has 18 nitrogen and oxygen atoms in total. The predicted octanol–water partition coefficient (Wildman–Crippen LogP) is 1.58. The number of nitrogens with zero attached hydrogens (tertiary/aromatic N) is 4. The molecule has 4 rings (SSSR count). The van der Waals surface area contributed by atoms with E-state index in [1.165, 1.54) is 18.6 Å². The van der Waals surface area contributed by atoms with Gasteiger partial charge in [0.05, 0.1) is 6.07 Å². The second-order valence-corrected chi connectivity index (χ2v) is 10.6. The summed E-state index contributed by atoms with van der Waals surface area (Å²) >= 11 is 0. The molecule has 1 aliphatic rings. The Labute approximate surface area is 251 Å². The van der Waals surface area contributed by atoms with Crippen LogP contribution in [0.4, 0.5) is 17.5 Å². The monoisotopic (exact) mass is 612 g/mol. The predicted molar refractivity (Wildman–Crippen MR) is 157 cm³/mol. The molecule has 0 aromatic carbocycles. The van der Waals surface area contributed by atoms with Crippen LogP contribution in [0.5, 0.6) is 0 Å². The van der Waals surface area contributed by atoms with Crippen LogP contribution in [-0.4, -0.2) is 77.8 Å². The molecule has 3 heterocycles. The Balaban J connectivity index is 1.32. The highest BCUT2D eigenvalue weighted by Gasteiger charge is 2.27. The van der Waals surface area contributed by atoms with E-state index < -0.39 is 34.5 Å². The van der Waals surface area contributed by atoms with E-state index in [9.17, 15) is 29.3 Å². The van der Waals surface area contributed by atoms with Crippen molar-refractivity contribution >= 4 is 41.1 Å². The number of amides is 4. The quantitative estimate of drug-likeness (QED) is 0.0739. The normalized spacial score (nSPS) is 14.8. The molecule has 18 heteroatoms. The Hall–Kier alpha value is -5.13. The zero-order chi connectivity index (χ0) is 31.6. The van der Waals surface area contributed by atoms with Gasteiger partial charge in [-0.3, -0.25) is 29.4 Å². The number of carbonyl (C=O) groups excluding carboxylic acids is 4. The third-order valence-corrected chi connectivity index (χ3v) is 7.42. The molecular weight excluding hydrogens is 576 g/mol. The first-order valence-corrected chi connectivity index (χ1v) is 14.4. The van der Waals surface area contributed by atoms with Crippen LogP contribution in [0.3, 0.4) is 0 Å². The van der Waals surface area contributed by atoms with Gasteiger partial charge in [0.1, 0.15) is 17.4 Å². The van der Waals surface area contributed by atoms with Crippen LogP contribution < -0.4 is 27.0 Å². The van der Waals surface area contributed by atoms with E-state index in [1.54, 1.807) is 0 Å². The van der Waals surface area contributed by atoms with Gasteiger partial charge < -0.3 is 37.1 Å². The number of carbonyl (C=O) groups is 4. The number of nitro groups is 1. The van der Waals surface area contributed by atoms with E-state index in [4.69, 9.17) is 5.73 Å². The van der Waals surface area contributed by atoms with E-state index in [0.29, 0.717) is 31.7 Å². The Morgan fingerprint density at radius 3 is 2.16 bits per heavy atom. The van der Waals surface area contributed by atoms with Gasteiger partial charge in [0.15, 0.2) is 17.3 Å². The standard InChI is InChI=1S/C26H36N12O6/c1-14(15-7-3-2-4-8-15)28-23(39)16(9-5-6-10-27)29-24(40)17-11-20(35-32-17)30-25(41)18-12-21(36-33-18)31-26(42)19-13-22(37-34-19)38(43)44/h11-16H,2-10,27H2,1H3,(H,28,39)(H,29,40)(H,34,37)(H2,30,32,35,41)(H2,31,33,36,42). The SMILES string of the molecule is CC(NC(=O)C(CCCCN)NC(=O)c1cc(NC(=O)c2cc(NC(=O)c3cc([N+](=O)[O-])[nH]n3)n[nH]2)n[nH]1)C1CCCCC1. The summed E-state index contributed by atoms with van der Waals surface area (Å²) in [5.74, 6) is -2.34. The largest absolute Gasteiger partial charge is 0.358 e. The van der Waals surface area contributed by atoms with Gasteiger partial charge in [-0.15, -0.1) is 5.10 Å². The fourth-order valence-corrected chi connectivity index (χ4v) is 4.96. The number of nitrogens with two attached hydrogens (primary N) is 1. The second-order valence-electron chi connectivity index (χ2n) is 10.6. The number of rotatable bonds is 14. The number of unbranched alkanes of at least 4 members (excludes halogenated alkanes) is 1. The number of anilines is 2. The van der Waals surface area contributed by atoms with Gasteiger partial charge in [0.2, 0.25) is 5.91 Å². The van der Waals surface area contributed by atoms with E-state index in [-0.39, 0.29) is 40.7 Å². The summed E-state index contributed by atoms with van der Waals surface area (Å²) in [5, 5.41) is 39.9. The van der Waals surface area contributed by atoms with Gasteiger partial charge in [-0.05, 0) is 56.4 Å². The van der Waals surface area contributed by atoms with Crippen LogP contribution >= 0.6 is 0 Å². The molecule has 9 N–H and O–H groups in total. The summed E-state index contributed by atoms with van der Waals surface area (Å²) in [6.07, 6.45) is 7.44. The molecule has 44 heavy (non-hydrogen) atoms. The molecule has 1 fully saturated rings. The molecule has 0 aliphatic heterocycles. The minimum absolute atomic E-state index is 0.00579. The van der Waals surface area contributed by atoms with Gasteiger partial charge in [0, 0.05) is 18.2 Å². The zero-order valence-corrected chi connectivity index (χ0v) is 24.1. The highest BCUT2D eigenvalue weighted by molar-refractivity contribution is 6.06. The minimum atomic E-state index is -0.783. The Bertz CT molecular complexity index is 1470. The lowest BCUT2D eigenvalue weighted by molar-refractivity contribution is -0.389. The average Bonchev–Trinajstić information content (AvgIpc) is 3.78. The van der Waals surface area contributed by atoms with Crippen LogP contribution in [0.25, 0.3) is 0 Å². The van der Waals surface area contributed by atoms with Gasteiger partial charge in [-0.25, -0.2) is 0 Å². The summed E-state index contributed by atoms with van der Waals surface area (Å²) in [7, 11) is 0.